The average molecular weight is 693 g/mol. The molecule has 4 fully saturated rings. The molecule has 0 aromatic heterocycles. The molecule has 3 N–H and O–H groups in total. The SMILES string of the molecule is CCCCCCC1CN1C(N1CC1CCCCCC)C(C(=O)OCC(CO)(CO)CO)(N1CC1CCCCCC)N1CC1CCCCCC. The Morgan fingerprint density at radius 3 is 1.29 bits per heavy atom. The van der Waals surface area contributed by atoms with Crippen LogP contribution in [0.2, 0.25) is 0 Å². The first-order chi connectivity index (χ1) is 23.9. The Morgan fingerprint density at radius 1 is 0.571 bits per heavy atom. The molecule has 0 bridgehead atoms. The quantitative estimate of drug-likeness (QED) is 0.0450. The van der Waals surface area contributed by atoms with E-state index in [1.54, 1.807) is 0 Å². The molecular formula is C40H76N4O5. The molecule has 0 amide bonds. The Labute approximate surface area is 300 Å². The minimum Gasteiger partial charge on any atom is -0.462 e. The fraction of sp³-hybridized carbons (Fsp3) is 0.975. The number of ether oxygens (including phenoxy) is 1. The first-order valence-electron chi connectivity index (χ1n) is 21.0. The number of unbranched alkanes of at least 4 members (excludes halogenated alkanes) is 12. The lowest BCUT2D eigenvalue weighted by Crippen LogP contribution is -2.68. The van der Waals surface area contributed by atoms with E-state index in [9.17, 15) is 15.3 Å². The minimum atomic E-state index is -1.25. The highest BCUT2D eigenvalue weighted by Crippen LogP contribution is 2.52. The van der Waals surface area contributed by atoms with Gasteiger partial charge in [-0.05, 0) is 25.7 Å². The zero-order valence-electron chi connectivity index (χ0n) is 32.1. The van der Waals surface area contributed by atoms with E-state index in [2.05, 4.69) is 47.3 Å². The largest absolute Gasteiger partial charge is 0.462 e. The highest BCUT2D eigenvalue weighted by Gasteiger charge is 2.73. The second-order valence-electron chi connectivity index (χ2n) is 16.4. The van der Waals surface area contributed by atoms with Gasteiger partial charge in [-0.25, -0.2) is 4.79 Å². The molecule has 9 nitrogen and oxygen atoms in total. The maximum atomic E-state index is 15.2. The van der Waals surface area contributed by atoms with Gasteiger partial charge in [0.25, 0.3) is 0 Å². The third-order valence-electron chi connectivity index (χ3n) is 12.2. The maximum absolute atomic E-state index is 15.2. The van der Waals surface area contributed by atoms with Crippen LogP contribution in [0.4, 0.5) is 0 Å². The monoisotopic (exact) mass is 693 g/mol. The molecule has 4 aliphatic heterocycles. The fourth-order valence-electron chi connectivity index (χ4n) is 8.49. The molecule has 4 aliphatic rings. The van der Waals surface area contributed by atoms with E-state index in [1.807, 2.05) is 0 Å². The number of hydrogen-bond donors (Lipinski definition) is 3. The summed E-state index contributed by atoms with van der Waals surface area (Å²) >= 11 is 0. The molecule has 0 aromatic rings. The number of esters is 1. The van der Waals surface area contributed by atoms with Gasteiger partial charge >= 0.3 is 5.97 Å². The Bertz CT molecular complexity index is 889. The van der Waals surface area contributed by atoms with Crippen LogP contribution in [0.3, 0.4) is 0 Å². The first kappa shape index (κ1) is 41.0. The zero-order valence-corrected chi connectivity index (χ0v) is 32.1. The van der Waals surface area contributed by atoms with E-state index < -0.39 is 30.9 Å². The molecule has 4 saturated heterocycles. The molecule has 8 atom stereocenters. The summed E-state index contributed by atoms with van der Waals surface area (Å²) in [6.07, 6.45) is 24.3. The van der Waals surface area contributed by atoms with Gasteiger partial charge in [0.2, 0.25) is 5.66 Å². The Kier molecular flexibility index (Phi) is 17.1. The normalized spacial score (nSPS) is 30.5. The lowest BCUT2D eigenvalue weighted by atomic mass is 9.92. The van der Waals surface area contributed by atoms with Crippen molar-refractivity contribution in [2.24, 2.45) is 5.41 Å². The number of nitrogens with zero attached hydrogens (tertiary/aromatic N) is 4. The van der Waals surface area contributed by atoms with E-state index in [0.29, 0.717) is 24.2 Å². The molecule has 9 heteroatoms. The molecule has 49 heavy (non-hydrogen) atoms. The van der Waals surface area contributed by atoms with Gasteiger partial charge < -0.3 is 20.1 Å². The summed E-state index contributed by atoms with van der Waals surface area (Å²) in [7, 11) is 0. The highest BCUT2D eigenvalue weighted by atomic mass is 16.5. The molecular weight excluding hydrogens is 616 g/mol. The maximum Gasteiger partial charge on any atom is 0.345 e. The van der Waals surface area contributed by atoms with Crippen LogP contribution in [-0.2, 0) is 9.53 Å². The summed E-state index contributed by atoms with van der Waals surface area (Å²) in [5.41, 5.74) is -2.18. The summed E-state index contributed by atoms with van der Waals surface area (Å²) in [6, 6.07) is 1.70. The van der Waals surface area contributed by atoms with E-state index >= 15 is 4.79 Å². The Morgan fingerprint density at radius 2 is 0.939 bits per heavy atom. The summed E-state index contributed by atoms with van der Waals surface area (Å²) in [5, 5.41) is 30.5. The second-order valence-corrected chi connectivity index (χ2v) is 16.4. The van der Waals surface area contributed by atoms with Crippen molar-refractivity contribution < 1.29 is 24.9 Å². The molecule has 8 unspecified atom stereocenters. The number of carbonyl (C=O) groups excluding carboxylic acids is 1. The van der Waals surface area contributed by atoms with Crippen LogP contribution in [0.25, 0.3) is 0 Å². The van der Waals surface area contributed by atoms with Gasteiger partial charge in [0, 0.05) is 50.3 Å². The van der Waals surface area contributed by atoms with Crippen molar-refractivity contribution in [1.29, 1.82) is 0 Å². The van der Waals surface area contributed by atoms with Gasteiger partial charge in [-0.2, -0.15) is 0 Å². The van der Waals surface area contributed by atoms with Crippen molar-refractivity contribution in [3.05, 3.63) is 0 Å². The molecule has 0 aliphatic carbocycles. The first-order valence-corrected chi connectivity index (χ1v) is 21.0. The van der Waals surface area contributed by atoms with Crippen LogP contribution in [0.5, 0.6) is 0 Å². The third kappa shape index (κ3) is 10.9. The predicted molar refractivity (Wildman–Crippen MR) is 198 cm³/mol. The number of carbonyl (C=O) groups is 1. The van der Waals surface area contributed by atoms with Crippen LogP contribution >= 0.6 is 0 Å². The predicted octanol–water partition coefficient (Wildman–Crippen LogP) is 6.13. The van der Waals surface area contributed by atoms with E-state index in [0.717, 1.165) is 39.0 Å². The third-order valence-corrected chi connectivity index (χ3v) is 12.2. The fourth-order valence-corrected chi connectivity index (χ4v) is 8.49. The van der Waals surface area contributed by atoms with Crippen molar-refractivity contribution in [3.8, 4) is 0 Å². The molecule has 4 heterocycles. The average Bonchev–Trinajstić information content (AvgIpc) is 3.91. The molecule has 0 aromatic carbocycles. The second kappa shape index (κ2) is 20.4. The van der Waals surface area contributed by atoms with Gasteiger partial charge in [-0.3, -0.25) is 19.6 Å². The van der Waals surface area contributed by atoms with Gasteiger partial charge in [0.05, 0.1) is 25.2 Å². The van der Waals surface area contributed by atoms with Gasteiger partial charge in [-0.15, -0.1) is 0 Å². The van der Waals surface area contributed by atoms with E-state index in [-0.39, 0.29) is 18.7 Å². The van der Waals surface area contributed by atoms with Crippen molar-refractivity contribution in [3.63, 3.8) is 0 Å². The van der Waals surface area contributed by atoms with E-state index in [1.165, 1.54) is 116 Å². The standard InChI is InChI=1S/C40H76N4O5/c1-5-9-13-17-21-33-25-41(33)37(42-26-34(42)22-18-14-10-6-2)40(43-27-35(43)23-19-15-11-7-3,44-28-36(44)24-20-16-12-8-4)38(48)49-32-39(29-45,30-46)31-47/h33-37,45-47H,5-32H2,1-4H3. The van der Waals surface area contributed by atoms with Crippen LogP contribution < -0.4 is 0 Å². The van der Waals surface area contributed by atoms with Gasteiger partial charge in [0.1, 0.15) is 12.8 Å². The number of hydrogen-bond acceptors (Lipinski definition) is 9. The molecule has 0 saturated carbocycles. The van der Waals surface area contributed by atoms with Crippen LogP contribution in [-0.4, -0.2) is 129 Å². The van der Waals surface area contributed by atoms with Gasteiger partial charge in [-0.1, -0.05) is 130 Å². The molecule has 0 spiro atoms. The summed E-state index contributed by atoms with van der Waals surface area (Å²) < 4.78 is 6.31. The van der Waals surface area contributed by atoms with Crippen molar-refractivity contribution in [2.75, 3.05) is 52.6 Å². The Hall–Kier alpha value is -0.810. The molecule has 4 rings (SSSR count). The van der Waals surface area contributed by atoms with Crippen LogP contribution in [0, 0.1) is 5.41 Å². The minimum absolute atomic E-state index is 0.0691. The highest BCUT2D eigenvalue weighted by molar-refractivity contribution is 5.83. The smallest absolute Gasteiger partial charge is 0.345 e. The van der Waals surface area contributed by atoms with Crippen molar-refractivity contribution >= 4 is 5.97 Å². The molecule has 286 valence electrons. The zero-order chi connectivity index (χ0) is 35.3. The number of rotatable bonds is 31. The van der Waals surface area contributed by atoms with Crippen molar-refractivity contribution in [2.45, 2.75) is 192 Å². The van der Waals surface area contributed by atoms with Crippen LogP contribution in [0.15, 0.2) is 0 Å². The lowest BCUT2D eigenvalue weighted by Gasteiger charge is -2.44. The summed E-state index contributed by atoms with van der Waals surface area (Å²) in [6.45, 7) is 11.4. The topological polar surface area (TPSA) is 99.0 Å². The number of aliphatic hydroxyl groups is 3. The summed E-state index contributed by atoms with van der Waals surface area (Å²) in [4.78, 5) is 25.5. The van der Waals surface area contributed by atoms with Crippen LogP contribution in [0.1, 0.15) is 156 Å². The number of aliphatic hydroxyl groups excluding tert-OH is 3. The Balaban J connectivity index is 1.67. The van der Waals surface area contributed by atoms with Gasteiger partial charge in [0.15, 0.2) is 0 Å². The summed E-state index contributed by atoms with van der Waals surface area (Å²) in [5.74, 6) is -0.238. The lowest BCUT2D eigenvalue weighted by molar-refractivity contribution is -0.179. The van der Waals surface area contributed by atoms with E-state index in [4.69, 9.17) is 4.74 Å². The van der Waals surface area contributed by atoms with Crippen molar-refractivity contribution in [1.82, 2.24) is 19.6 Å². The molecule has 0 radical (unpaired) electrons.